The number of amides is 3. The van der Waals surface area contributed by atoms with Crippen molar-refractivity contribution in [2.45, 2.75) is 302 Å². The molecule has 0 spiro atoms. The minimum absolute atomic E-state index is 0.0286. The average molecular weight is 1030 g/mol. The summed E-state index contributed by atoms with van der Waals surface area (Å²) in [7, 11) is 0. The summed E-state index contributed by atoms with van der Waals surface area (Å²) in [6.07, 6.45) is 36.9. The van der Waals surface area contributed by atoms with Crippen molar-refractivity contribution in [3.8, 4) is 0 Å². The number of carbonyl (C=O) groups excluding carboxylic acids is 4. The third kappa shape index (κ3) is 38.2. The molecule has 12 heteroatoms. The number of ether oxygens (including phenoxy) is 4. The lowest BCUT2D eigenvalue weighted by Gasteiger charge is -2.27. The molecule has 0 aromatic heterocycles. The predicted octanol–water partition coefficient (Wildman–Crippen LogP) is 13.8. The Morgan fingerprint density at radius 2 is 1.12 bits per heavy atom. The molecule has 1 aromatic rings. The van der Waals surface area contributed by atoms with E-state index in [0.29, 0.717) is 45.4 Å². The fourth-order valence-corrected chi connectivity index (χ4v) is 9.72. The summed E-state index contributed by atoms with van der Waals surface area (Å²) in [5.74, 6) is -1.12. The average Bonchev–Trinajstić information content (AvgIpc) is 3.39. The number of hydrogen-bond donors (Lipinski definition) is 4. The second-order valence-corrected chi connectivity index (χ2v) is 21.2. The molecule has 1 aromatic carbocycles. The topological polar surface area (TPSA) is 162 Å². The Labute approximate surface area is 445 Å². The molecular weight excluding hydrogens is 919 g/mol. The van der Waals surface area contributed by atoms with Crippen LogP contribution in [0.5, 0.6) is 0 Å². The standard InChI is InChI=1S/C61H109N3O9/c1-4-7-10-13-16-19-22-25-31-40-54(71-50-52-37-29-28-30-38-52)48-57(66)63-53(51-72-60-43-34-35-47-70-60)39-36-45-62-61(69)56(44-46-65)64-58(67)49-55(41-32-26-23-20-17-14-11-8-5-2)73-59(68)42-33-27-24-21-18-15-12-9-6-3/h28-30,37-38,53-56,60,65H,4-27,31-36,39-51H2,1-3H3,(H,62,69)(H,63,66)(H,64,67). The first-order valence-corrected chi connectivity index (χ1v) is 30.3. The number of aliphatic hydroxyl groups is 1. The van der Waals surface area contributed by atoms with Crippen LogP contribution in [-0.2, 0) is 44.7 Å². The molecule has 73 heavy (non-hydrogen) atoms. The van der Waals surface area contributed by atoms with Crippen molar-refractivity contribution in [1.29, 1.82) is 0 Å². The first-order valence-electron chi connectivity index (χ1n) is 30.3. The maximum atomic E-state index is 13.7. The highest BCUT2D eigenvalue weighted by molar-refractivity contribution is 5.87. The van der Waals surface area contributed by atoms with Gasteiger partial charge in [-0.25, -0.2) is 0 Å². The van der Waals surface area contributed by atoms with E-state index in [4.69, 9.17) is 18.9 Å². The van der Waals surface area contributed by atoms with Gasteiger partial charge in [-0.1, -0.05) is 212 Å². The first-order chi connectivity index (χ1) is 35.8. The van der Waals surface area contributed by atoms with E-state index in [1.54, 1.807) is 0 Å². The van der Waals surface area contributed by atoms with Crippen molar-refractivity contribution < 1.29 is 43.2 Å². The third-order valence-corrected chi connectivity index (χ3v) is 14.3. The normalized spacial score (nSPS) is 15.3. The number of esters is 1. The summed E-state index contributed by atoms with van der Waals surface area (Å²) in [6.45, 7) is 8.12. The Morgan fingerprint density at radius 3 is 1.67 bits per heavy atom. The maximum absolute atomic E-state index is 13.7. The van der Waals surface area contributed by atoms with Gasteiger partial charge in [0.15, 0.2) is 6.29 Å². The van der Waals surface area contributed by atoms with E-state index in [1.165, 1.54) is 122 Å². The van der Waals surface area contributed by atoms with Gasteiger partial charge in [0.2, 0.25) is 17.7 Å². The Morgan fingerprint density at radius 1 is 0.603 bits per heavy atom. The van der Waals surface area contributed by atoms with Crippen LogP contribution in [0, 0.1) is 0 Å². The van der Waals surface area contributed by atoms with Crippen molar-refractivity contribution in [3.63, 3.8) is 0 Å². The van der Waals surface area contributed by atoms with Crippen molar-refractivity contribution in [2.75, 3.05) is 26.4 Å². The van der Waals surface area contributed by atoms with E-state index in [-0.39, 0.29) is 74.6 Å². The Hall–Kier alpha value is -3.06. The van der Waals surface area contributed by atoms with E-state index < -0.39 is 12.1 Å². The van der Waals surface area contributed by atoms with Gasteiger partial charge in [-0.15, -0.1) is 0 Å². The second kappa shape index (κ2) is 47.4. The zero-order chi connectivity index (χ0) is 52.7. The zero-order valence-electron chi connectivity index (χ0n) is 46.9. The quantitative estimate of drug-likeness (QED) is 0.0368. The van der Waals surface area contributed by atoms with Crippen LogP contribution in [0.1, 0.15) is 270 Å². The van der Waals surface area contributed by atoms with Crippen molar-refractivity contribution in [2.24, 2.45) is 0 Å². The summed E-state index contributed by atoms with van der Waals surface area (Å²) in [5, 5.41) is 19.0. The second-order valence-electron chi connectivity index (χ2n) is 21.2. The molecule has 1 aliphatic rings. The Balaban J connectivity index is 1.95. The van der Waals surface area contributed by atoms with Crippen LogP contribution in [0.25, 0.3) is 0 Å². The Bertz CT molecular complexity index is 1460. The van der Waals surface area contributed by atoms with Crippen molar-refractivity contribution >= 4 is 23.7 Å². The molecule has 3 amide bonds. The fraction of sp³-hybridized carbons (Fsp3) is 0.836. The molecule has 5 unspecified atom stereocenters. The summed E-state index contributed by atoms with van der Waals surface area (Å²) >= 11 is 0. The fourth-order valence-electron chi connectivity index (χ4n) is 9.72. The predicted molar refractivity (Wildman–Crippen MR) is 297 cm³/mol. The molecule has 1 heterocycles. The van der Waals surface area contributed by atoms with Gasteiger partial charge in [0.05, 0.1) is 38.2 Å². The number of benzene rings is 1. The molecule has 0 saturated carbocycles. The third-order valence-electron chi connectivity index (χ3n) is 14.3. The monoisotopic (exact) mass is 1030 g/mol. The minimum Gasteiger partial charge on any atom is -0.462 e. The maximum Gasteiger partial charge on any atom is 0.306 e. The first kappa shape index (κ1) is 66.1. The molecule has 0 radical (unpaired) electrons. The van der Waals surface area contributed by atoms with Gasteiger partial charge < -0.3 is 40.0 Å². The van der Waals surface area contributed by atoms with Crippen LogP contribution in [0.15, 0.2) is 30.3 Å². The van der Waals surface area contributed by atoms with Gasteiger partial charge in [0, 0.05) is 26.2 Å². The van der Waals surface area contributed by atoms with Crippen LogP contribution in [-0.4, -0.2) is 85.7 Å². The highest BCUT2D eigenvalue weighted by Gasteiger charge is 2.25. The lowest BCUT2D eigenvalue weighted by atomic mass is 10.0. The van der Waals surface area contributed by atoms with E-state index >= 15 is 0 Å². The minimum atomic E-state index is -0.940. The summed E-state index contributed by atoms with van der Waals surface area (Å²) in [6, 6.07) is 8.84. The molecular formula is C61H109N3O9. The van der Waals surface area contributed by atoms with Gasteiger partial charge in [0.25, 0.3) is 0 Å². The van der Waals surface area contributed by atoms with Crippen molar-refractivity contribution in [3.05, 3.63) is 35.9 Å². The van der Waals surface area contributed by atoms with Gasteiger partial charge in [-0.2, -0.15) is 0 Å². The largest absolute Gasteiger partial charge is 0.462 e. The molecule has 1 fully saturated rings. The van der Waals surface area contributed by atoms with E-state index in [0.717, 1.165) is 82.6 Å². The van der Waals surface area contributed by atoms with Crippen LogP contribution >= 0.6 is 0 Å². The number of unbranched alkanes of at least 4 members (excludes halogenated alkanes) is 24. The highest BCUT2D eigenvalue weighted by Crippen LogP contribution is 2.20. The zero-order valence-corrected chi connectivity index (χ0v) is 46.9. The van der Waals surface area contributed by atoms with Crippen LogP contribution < -0.4 is 16.0 Å². The molecule has 0 aliphatic carbocycles. The van der Waals surface area contributed by atoms with Crippen LogP contribution in [0.3, 0.4) is 0 Å². The molecule has 0 bridgehead atoms. The van der Waals surface area contributed by atoms with Gasteiger partial charge in [-0.05, 0) is 69.8 Å². The van der Waals surface area contributed by atoms with E-state index in [9.17, 15) is 24.3 Å². The smallest absolute Gasteiger partial charge is 0.306 e. The highest BCUT2D eigenvalue weighted by atomic mass is 16.7. The number of rotatable bonds is 50. The molecule has 1 aliphatic heterocycles. The molecule has 422 valence electrons. The van der Waals surface area contributed by atoms with Gasteiger partial charge >= 0.3 is 5.97 Å². The molecule has 1 saturated heterocycles. The number of carbonyl (C=O) groups is 4. The number of nitrogens with one attached hydrogen (secondary N) is 3. The van der Waals surface area contributed by atoms with E-state index in [1.807, 2.05) is 30.3 Å². The number of hydrogen-bond acceptors (Lipinski definition) is 9. The molecule has 12 nitrogen and oxygen atoms in total. The number of aliphatic hydroxyl groups excluding tert-OH is 1. The molecule has 2 rings (SSSR count). The lowest BCUT2D eigenvalue weighted by molar-refractivity contribution is -0.167. The summed E-state index contributed by atoms with van der Waals surface area (Å²) in [5.41, 5.74) is 1.08. The summed E-state index contributed by atoms with van der Waals surface area (Å²) in [4.78, 5) is 53.8. The van der Waals surface area contributed by atoms with E-state index in [2.05, 4.69) is 36.7 Å². The van der Waals surface area contributed by atoms with Crippen LogP contribution in [0.2, 0.25) is 0 Å². The lowest BCUT2D eigenvalue weighted by Crippen LogP contribution is -2.48. The van der Waals surface area contributed by atoms with Gasteiger partial charge in [0.1, 0.15) is 12.1 Å². The summed E-state index contributed by atoms with van der Waals surface area (Å²) < 4.78 is 24.4. The van der Waals surface area contributed by atoms with Gasteiger partial charge in [-0.3, -0.25) is 19.2 Å². The van der Waals surface area contributed by atoms with Crippen molar-refractivity contribution in [1.82, 2.24) is 16.0 Å². The Kier molecular flexibility index (Phi) is 42.9. The van der Waals surface area contributed by atoms with Crippen LogP contribution in [0.4, 0.5) is 0 Å². The molecule has 4 N–H and O–H groups in total. The SMILES string of the molecule is CCCCCCCCCCCC(=O)OC(CCCCCCCCCCC)CC(=O)NC(CCO)C(=O)NCCCC(COC1CCCCO1)NC(=O)CC(CCCCCCCCCCC)OCc1ccccc1. The molecule has 5 atom stereocenters.